The van der Waals surface area contributed by atoms with Gasteiger partial charge < -0.3 is 30.5 Å². The number of hydrogen-bond donors (Lipinski definition) is 4. The highest BCUT2D eigenvalue weighted by atomic mass is 16.5. The molecule has 5 aromatic carbocycles. The van der Waals surface area contributed by atoms with Gasteiger partial charge in [-0.05, 0) is 65.3 Å². The van der Waals surface area contributed by atoms with E-state index in [9.17, 15) is 14.7 Å². The lowest BCUT2D eigenvalue weighted by Crippen LogP contribution is -2.47. The highest BCUT2D eigenvalue weighted by molar-refractivity contribution is 5.98. The molecule has 0 aliphatic carbocycles. The number of amides is 2. The Morgan fingerprint density at radius 3 is 1.98 bits per heavy atom. The van der Waals surface area contributed by atoms with Crippen molar-refractivity contribution in [2.45, 2.75) is 43.4 Å². The zero-order valence-electron chi connectivity index (χ0n) is 27.9. The van der Waals surface area contributed by atoms with Crippen molar-refractivity contribution in [1.29, 1.82) is 0 Å². The number of para-hydroxylation sites is 1. The molecule has 6 rings (SSSR count). The number of ether oxygens (including phenoxy) is 2. The molecule has 1 aliphatic rings. The minimum Gasteiger partial charge on any atom is -0.491 e. The molecule has 8 heteroatoms. The van der Waals surface area contributed by atoms with Crippen molar-refractivity contribution in [3.8, 4) is 5.75 Å². The third kappa shape index (κ3) is 9.59. The summed E-state index contributed by atoms with van der Waals surface area (Å²) in [4.78, 5) is 25.9. The number of nitrogens with one attached hydrogen (secondary N) is 3. The Kier molecular flexibility index (Phi) is 11.9. The first-order chi connectivity index (χ1) is 24.5. The molecular formula is C42H43N3O5. The molecule has 4 N–H and O–H groups in total. The summed E-state index contributed by atoms with van der Waals surface area (Å²) in [6.07, 6.45) is 0.887. The van der Waals surface area contributed by atoms with Crippen molar-refractivity contribution >= 4 is 17.7 Å². The Balaban J connectivity index is 1.06. The third-order valence-corrected chi connectivity index (χ3v) is 8.96. The van der Waals surface area contributed by atoms with E-state index in [4.69, 9.17) is 9.47 Å². The molecule has 0 saturated carbocycles. The van der Waals surface area contributed by atoms with Crippen molar-refractivity contribution in [1.82, 2.24) is 10.6 Å². The topological polar surface area (TPSA) is 109 Å². The lowest BCUT2D eigenvalue weighted by molar-refractivity contribution is -0.118. The summed E-state index contributed by atoms with van der Waals surface area (Å²) in [6, 6.07) is 44.2. The van der Waals surface area contributed by atoms with Crippen LogP contribution in [0.25, 0.3) is 0 Å². The van der Waals surface area contributed by atoms with E-state index in [-0.39, 0.29) is 12.2 Å². The Bertz CT molecular complexity index is 1760. The normalized spacial score (nSPS) is 16.3. The van der Waals surface area contributed by atoms with Crippen LogP contribution < -0.4 is 20.7 Å². The lowest BCUT2D eigenvalue weighted by Gasteiger charge is -2.31. The van der Waals surface area contributed by atoms with Crippen LogP contribution >= 0.6 is 0 Å². The van der Waals surface area contributed by atoms with Crippen LogP contribution in [0.15, 0.2) is 140 Å². The van der Waals surface area contributed by atoms with E-state index in [2.05, 4.69) is 52.3 Å². The molecule has 50 heavy (non-hydrogen) atoms. The maximum absolute atomic E-state index is 13.9. The predicted molar refractivity (Wildman–Crippen MR) is 196 cm³/mol. The highest BCUT2D eigenvalue weighted by Gasteiger charge is 2.33. The van der Waals surface area contributed by atoms with Gasteiger partial charge >= 0.3 is 6.09 Å². The van der Waals surface area contributed by atoms with Gasteiger partial charge in [-0.3, -0.25) is 4.79 Å². The van der Waals surface area contributed by atoms with E-state index in [1.807, 2.05) is 103 Å². The van der Waals surface area contributed by atoms with Gasteiger partial charge in [0, 0.05) is 24.7 Å². The zero-order valence-corrected chi connectivity index (χ0v) is 27.9. The standard InChI is InChI=1S/C42H43N3O5/c46-41(40(45-42(47)48)39(33-15-6-2-7-16-33)34-17-8-3-9-18-34)44-38-19-11-10-14-32(38)22-25-36-27-43-28-37(50-36)29-49-35-23-20-31(21-24-35)26-30-12-4-1-5-13-30/h1-21,23-24,36-37,39-40,43,45H,22,25-29H2,(H,44,46)(H,47,48)/t36-,37+,40+/m1/s1. The van der Waals surface area contributed by atoms with Crippen LogP contribution in [0.1, 0.15) is 40.2 Å². The number of aryl methyl sites for hydroxylation is 1. The Hall–Kier alpha value is -5.44. The van der Waals surface area contributed by atoms with Crippen LogP contribution in [0.4, 0.5) is 10.5 Å². The summed E-state index contributed by atoms with van der Waals surface area (Å²) in [5.41, 5.74) is 5.77. The van der Waals surface area contributed by atoms with E-state index in [0.717, 1.165) is 41.8 Å². The Morgan fingerprint density at radius 1 is 0.740 bits per heavy atom. The van der Waals surface area contributed by atoms with Gasteiger partial charge in [-0.2, -0.15) is 0 Å². The molecule has 1 aliphatic heterocycles. The van der Waals surface area contributed by atoms with Crippen LogP contribution in [-0.2, 0) is 22.4 Å². The van der Waals surface area contributed by atoms with E-state index in [1.54, 1.807) is 0 Å². The van der Waals surface area contributed by atoms with Crippen molar-refractivity contribution in [2.24, 2.45) is 0 Å². The highest BCUT2D eigenvalue weighted by Crippen LogP contribution is 2.30. The summed E-state index contributed by atoms with van der Waals surface area (Å²) in [5, 5.41) is 18.8. The van der Waals surface area contributed by atoms with Gasteiger partial charge in [0.05, 0.1) is 6.10 Å². The number of rotatable bonds is 14. The van der Waals surface area contributed by atoms with E-state index < -0.39 is 24.0 Å². The van der Waals surface area contributed by atoms with Crippen molar-refractivity contribution in [2.75, 3.05) is 25.0 Å². The first kappa shape index (κ1) is 34.4. The van der Waals surface area contributed by atoms with Gasteiger partial charge in [0.1, 0.15) is 24.5 Å². The minimum atomic E-state index is -1.27. The largest absolute Gasteiger partial charge is 0.491 e. The molecule has 0 aromatic heterocycles. The quantitative estimate of drug-likeness (QED) is 0.101. The second-order valence-electron chi connectivity index (χ2n) is 12.6. The summed E-state index contributed by atoms with van der Waals surface area (Å²) < 4.78 is 12.5. The summed E-state index contributed by atoms with van der Waals surface area (Å²) in [7, 11) is 0. The number of carbonyl (C=O) groups is 2. The molecule has 2 amide bonds. The number of carbonyl (C=O) groups excluding carboxylic acids is 1. The fourth-order valence-corrected chi connectivity index (χ4v) is 6.48. The van der Waals surface area contributed by atoms with Crippen LogP contribution in [0, 0.1) is 0 Å². The number of benzene rings is 5. The first-order valence-electron chi connectivity index (χ1n) is 17.1. The molecule has 0 spiro atoms. The Labute approximate surface area is 293 Å². The smallest absolute Gasteiger partial charge is 0.405 e. The molecule has 0 bridgehead atoms. The number of hydrogen-bond acceptors (Lipinski definition) is 5. The fraction of sp³-hybridized carbons (Fsp3) is 0.238. The van der Waals surface area contributed by atoms with Crippen molar-refractivity contribution < 1.29 is 24.2 Å². The molecule has 1 saturated heterocycles. The van der Waals surface area contributed by atoms with Gasteiger partial charge in [-0.1, -0.05) is 121 Å². The summed E-state index contributed by atoms with van der Waals surface area (Å²) in [6.45, 7) is 1.87. The predicted octanol–water partition coefficient (Wildman–Crippen LogP) is 7.05. The molecule has 3 atom stereocenters. The van der Waals surface area contributed by atoms with Crippen LogP contribution in [0.5, 0.6) is 5.75 Å². The molecule has 256 valence electrons. The maximum Gasteiger partial charge on any atom is 0.405 e. The second kappa shape index (κ2) is 17.3. The number of anilines is 1. The SMILES string of the molecule is O=C(O)N[C@H](C(=O)Nc1ccccc1CC[C@@H]1CNC[C@@H](COc2ccc(Cc3ccccc3)cc2)O1)C(c1ccccc1)c1ccccc1. The molecule has 0 unspecified atom stereocenters. The van der Waals surface area contributed by atoms with Crippen LogP contribution in [-0.4, -0.2) is 55.1 Å². The first-order valence-corrected chi connectivity index (χ1v) is 17.1. The molecule has 1 fully saturated rings. The lowest BCUT2D eigenvalue weighted by atomic mass is 9.84. The molecular weight excluding hydrogens is 626 g/mol. The fourth-order valence-electron chi connectivity index (χ4n) is 6.48. The van der Waals surface area contributed by atoms with Crippen molar-refractivity contribution in [3.63, 3.8) is 0 Å². The van der Waals surface area contributed by atoms with Crippen LogP contribution in [0.3, 0.4) is 0 Å². The van der Waals surface area contributed by atoms with Gasteiger partial charge in [-0.15, -0.1) is 0 Å². The van der Waals surface area contributed by atoms with Gasteiger partial charge in [-0.25, -0.2) is 4.79 Å². The van der Waals surface area contributed by atoms with E-state index in [0.29, 0.717) is 25.3 Å². The average Bonchev–Trinajstić information content (AvgIpc) is 3.15. The molecule has 5 aromatic rings. The average molecular weight is 670 g/mol. The minimum absolute atomic E-state index is 0.0312. The van der Waals surface area contributed by atoms with E-state index >= 15 is 0 Å². The number of morpholine rings is 1. The molecule has 8 nitrogen and oxygen atoms in total. The molecule has 1 heterocycles. The third-order valence-electron chi connectivity index (χ3n) is 8.96. The van der Waals surface area contributed by atoms with Crippen LogP contribution in [0.2, 0.25) is 0 Å². The summed E-state index contributed by atoms with van der Waals surface area (Å²) in [5.74, 6) is -0.151. The molecule has 0 radical (unpaired) electrons. The van der Waals surface area contributed by atoms with Crippen molar-refractivity contribution in [3.05, 3.63) is 167 Å². The van der Waals surface area contributed by atoms with Gasteiger partial charge in [0.25, 0.3) is 0 Å². The zero-order chi connectivity index (χ0) is 34.5. The second-order valence-corrected chi connectivity index (χ2v) is 12.6. The van der Waals surface area contributed by atoms with Gasteiger partial charge in [0.2, 0.25) is 5.91 Å². The Morgan fingerprint density at radius 2 is 1.32 bits per heavy atom. The maximum atomic E-state index is 13.9. The number of carboxylic acid groups (broad SMARTS) is 1. The summed E-state index contributed by atoms with van der Waals surface area (Å²) >= 11 is 0. The monoisotopic (exact) mass is 669 g/mol. The van der Waals surface area contributed by atoms with E-state index in [1.165, 1.54) is 11.1 Å². The van der Waals surface area contributed by atoms with Gasteiger partial charge in [0.15, 0.2) is 0 Å².